The number of rotatable bonds is 25. The Morgan fingerprint density at radius 1 is 0.545 bits per heavy atom. The number of carbonyl (C=O) groups is 3. The predicted molar refractivity (Wildman–Crippen MR) is 178 cm³/mol. The second-order valence-electron chi connectivity index (χ2n) is 12.7. The lowest BCUT2D eigenvalue weighted by atomic mass is 9.83. The first-order valence-electron chi connectivity index (χ1n) is 17.6. The number of aliphatic carboxylic acids is 3. The van der Waals surface area contributed by atoms with Crippen molar-refractivity contribution in [3.8, 4) is 0 Å². The number of unbranched alkanes of at least 4 members (excludes halogenated alkanes) is 18. The zero-order chi connectivity index (χ0) is 33.5. The number of carboxylic acid groups (broad SMARTS) is 3. The van der Waals surface area contributed by atoms with Crippen LogP contribution in [0.5, 0.6) is 0 Å². The van der Waals surface area contributed by atoms with Crippen LogP contribution in [0.2, 0.25) is 0 Å². The van der Waals surface area contributed by atoms with Gasteiger partial charge in [0.05, 0.1) is 5.92 Å². The lowest BCUT2D eigenvalue weighted by Crippen LogP contribution is -2.19. The van der Waals surface area contributed by atoms with Gasteiger partial charge in [0.15, 0.2) is 0 Å². The highest BCUT2D eigenvalue weighted by atomic mass is 31.2. The average Bonchev–Trinajstić information content (AvgIpc) is 2.94. The summed E-state index contributed by atoms with van der Waals surface area (Å²) in [5.74, 6) is -1.28. The van der Waals surface area contributed by atoms with E-state index in [-0.39, 0.29) is 12.1 Å². The van der Waals surface area contributed by atoms with E-state index >= 15 is 0 Å². The van der Waals surface area contributed by atoms with Crippen molar-refractivity contribution in [2.75, 3.05) is 6.16 Å². The van der Waals surface area contributed by atoms with Crippen LogP contribution in [0.3, 0.4) is 0 Å². The van der Waals surface area contributed by atoms with Gasteiger partial charge in [-0.05, 0) is 50.9 Å². The summed E-state index contributed by atoms with van der Waals surface area (Å²) >= 11 is 0. The Morgan fingerprint density at radius 2 is 0.864 bits per heavy atom. The molecule has 0 heterocycles. The maximum atomic E-state index is 10.5. The van der Waals surface area contributed by atoms with E-state index in [2.05, 4.69) is 13.8 Å². The van der Waals surface area contributed by atoms with Crippen LogP contribution in [0.15, 0.2) is 0 Å². The zero-order valence-corrected chi connectivity index (χ0v) is 29.0. The fourth-order valence-corrected chi connectivity index (χ4v) is 5.91. The molecule has 10 heteroatoms. The standard InChI is InChI=1S/C16H30O4.C10H23O3P.C8H14O2/c17-15(18)13-11-9-7-5-3-1-2-4-6-8-10-12-14-16(19)20;1-2-3-4-5-6-7-8-9-10-14(11,12)13;1-6-2-4-7(5-3-6)8(9)10/h1-14H2,(H,17,18)(H,19,20);2-10H2,1H3,(H2,11,12,13);6-7H,2-5H2,1H3,(H,9,10). The minimum absolute atomic E-state index is 0.0452. The average molecular weight is 651 g/mol. The Labute approximate surface area is 268 Å². The molecule has 0 atom stereocenters. The van der Waals surface area contributed by atoms with E-state index in [1.54, 1.807) is 0 Å². The number of hydrogen-bond acceptors (Lipinski definition) is 4. The lowest BCUT2D eigenvalue weighted by molar-refractivity contribution is -0.143. The van der Waals surface area contributed by atoms with Crippen LogP contribution >= 0.6 is 7.60 Å². The molecule has 9 nitrogen and oxygen atoms in total. The highest BCUT2D eigenvalue weighted by Crippen LogP contribution is 2.35. The van der Waals surface area contributed by atoms with Crippen LogP contribution in [-0.2, 0) is 18.9 Å². The van der Waals surface area contributed by atoms with E-state index in [1.807, 2.05) is 0 Å². The van der Waals surface area contributed by atoms with Crippen molar-refractivity contribution in [2.24, 2.45) is 11.8 Å². The molecule has 1 rings (SSSR count). The van der Waals surface area contributed by atoms with Gasteiger partial charge in [-0.1, -0.05) is 123 Å². The van der Waals surface area contributed by atoms with Crippen molar-refractivity contribution in [1.29, 1.82) is 0 Å². The SMILES string of the molecule is CC1CCC(C(=O)O)CC1.CCCCCCCCCCP(=O)(O)O.O=C(O)CCCCCCCCCCCCCCC(=O)O. The van der Waals surface area contributed by atoms with Gasteiger partial charge in [-0.25, -0.2) is 0 Å². The van der Waals surface area contributed by atoms with Gasteiger partial charge in [0, 0.05) is 19.0 Å². The first kappa shape index (κ1) is 44.7. The molecule has 1 fully saturated rings. The third kappa shape index (κ3) is 38.6. The van der Waals surface area contributed by atoms with Gasteiger partial charge < -0.3 is 25.1 Å². The van der Waals surface area contributed by atoms with Crippen molar-refractivity contribution in [3.63, 3.8) is 0 Å². The molecule has 1 aliphatic carbocycles. The number of carboxylic acids is 3. The molecule has 0 aromatic heterocycles. The smallest absolute Gasteiger partial charge is 0.325 e. The van der Waals surface area contributed by atoms with Gasteiger partial charge in [-0.3, -0.25) is 18.9 Å². The van der Waals surface area contributed by atoms with E-state index in [0.29, 0.717) is 19.3 Å². The summed E-state index contributed by atoms with van der Waals surface area (Å²) in [7, 11) is -3.73. The molecule has 0 aromatic carbocycles. The van der Waals surface area contributed by atoms with E-state index in [1.165, 1.54) is 70.6 Å². The molecule has 0 radical (unpaired) electrons. The Kier molecular flexibility index (Phi) is 32.0. The van der Waals surface area contributed by atoms with Crippen LogP contribution in [0.4, 0.5) is 0 Å². The molecule has 0 aromatic rings. The van der Waals surface area contributed by atoms with Crippen LogP contribution < -0.4 is 0 Å². The Hall–Kier alpha value is -1.44. The van der Waals surface area contributed by atoms with Gasteiger partial charge >= 0.3 is 25.5 Å². The quantitative estimate of drug-likeness (QED) is 0.0476. The lowest BCUT2D eigenvalue weighted by Gasteiger charge is -2.22. The fourth-order valence-electron chi connectivity index (χ4n) is 5.28. The van der Waals surface area contributed by atoms with Crippen molar-refractivity contribution < 1.29 is 44.1 Å². The highest BCUT2D eigenvalue weighted by molar-refractivity contribution is 7.51. The minimum atomic E-state index is -3.73. The van der Waals surface area contributed by atoms with Gasteiger partial charge in [0.2, 0.25) is 0 Å². The summed E-state index contributed by atoms with van der Waals surface area (Å²) in [6.45, 7) is 4.39. The fraction of sp³-hybridized carbons (Fsp3) is 0.912. The monoisotopic (exact) mass is 650 g/mol. The topological polar surface area (TPSA) is 169 Å². The molecule has 0 amide bonds. The van der Waals surface area contributed by atoms with Crippen LogP contribution in [-0.4, -0.2) is 49.2 Å². The largest absolute Gasteiger partial charge is 0.481 e. The molecule has 5 N–H and O–H groups in total. The molecule has 1 saturated carbocycles. The summed E-state index contributed by atoms with van der Waals surface area (Å²) in [5, 5.41) is 25.6. The van der Waals surface area contributed by atoms with Gasteiger partial charge in [-0.15, -0.1) is 0 Å². The highest BCUT2D eigenvalue weighted by Gasteiger charge is 2.23. The Balaban J connectivity index is 0. The summed E-state index contributed by atoms with van der Waals surface area (Å²) in [4.78, 5) is 48.3. The van der Waals surface area contributed by atoms with Crippen molar-refractivity contribution in [3.05, 3.63) is 0 Å². The predicted octanol–water partition coefficient (Wildman–Crippen LogP) is 9.82. The first-order chi connectivity index (χ1) is 20.9. The maximum Gasteiger partial charge on any atom is 0.325 e. The second-order valence-corrected chi connectivity index (χ2v) is 14.5. The van der Waals surface area contributed by atoms with Gasteiger partial charge in [0.1, 0.15) is 0 Å². The summed E-state index contributed by atoms with van der Waals surface area (Å²) in [5.41, 5.74) is 0. The van der Waals surface area contributed by atoms with Gasteiger partial charge in [-0.2, -0.15) is 0 Å². The molecule has 44 heavy (non-hydrogen) atoms. The van der Waals surface area contributed by atoms with Gasteiger partial charge in [0.25, 0.3) is 0 Å². The number of hydrogen-bond donors (Lipinski definition) is 5. The van der Waals surface area contributed by atoms with Crippen molar-refractivity contribution in [2.45, 2.75) is 181 Å². The third-order valence-corrected chi connectivity index (χ3v) is 9.10. The second kappa shape index (κ2) is 31.5. The summed E-state index contributed by atoms with van der Waals surface area (Å²) in [6, 6.07) is 0. The molecule has 0 saturated heterocycles. The van der Waals surface area contributed by atoms with E-state index in [9.17, 15) is 18.9 Å². The minimum Gasteiger partial charge on any atom is -0.481 e. The molecule has 0 aliphatic heterocycles. The third-order valence-electron chi connectivity index (χ3n) is 8.20. The summed E-state index contributed by atoms with van der Waals surface area (Å²) < 4.78 is 10.5. The van der Waals surface area contributed by atoms with Crippen molar-refractivity contribution in [1.82, 2.24) is 0 Å². The van der Waals surface area contributed by atoms with E-state index in [4.69, 9.17) is 25.1 Å². The molecule has 0 spiro atoms. The normalized spacial score (nSPS) is 16.3. The molecular formula is C34H67O9P. The van der Waals surface area contributed by atoms with Crippen LogP contribution in [0.25, 0.3) is 0 Å². The summed E-state index contributed by atoms with van der Waals surface area (Å²) in [6.07, 6.45) is 27.2. The van der Waals surface area contributed by atoms with Crippen LogP contribution in [0, 0.1) is 11.8 Å². The first-order valence-corrected chi connectivity index (χ1v) is 19.4. The van der Waals surface area contributed by atoms with E-state index in [0.717, 1.165) is 83.0 Å². The Morgan fingerprint density at radius 3 is 1.16 bits per heavy atom. The Bertz CT molecular complexity index is 704. The van der Waals surface area contributed by atoms with E-state index < -0.39 is 25.5 Å². The molecule has 262 valence electrons. The molecular weight excluding hydrogens is 583 g/mol. The van der Waals surface area contributed by atoms with Crippen LogP contribution in [0.1, 0.15) is 181 Å². The van der Waals surface area contributed by atoms with Crippen molar-refractivity contribution >= 4 is 25.5 Å². The molecule has 1 aliphatic rings. The zero-order valence-electron chi connectivity index (χ0n) is 28.1. The molecule has 0 unspecified atom stereocenters. The molecule has 0 bridgehead atoms. The maximum absolute atomic E-state index is 10.5.